The molecular weight excluding hydrogens is 432 g/mol. The van der Waals surface area contributed by atoms with Crippen LogP contribution in [0.3, 0.4) is 0 Å². The van der Waals surface area contributed by atoms with E-state index in [1.54, 1.807) is 7.11 Å². The highest BCUT2D eigenvalue weighted by Crippen LogP contribution is 2.29. The number of halogens is 1. The minimum absolute atomic E-state index is 0.637. The van der Waals surface area contributed by atoms with Crippen LogP contribution in [0.2, 0.25) is 5.02 Å². The number of aryl methyl sites for hydroxylation is 1. The molecule has 0 amide bonds. The predicted molar refractivity (Wildman–Crippen MR) is 136 cm³/mol. The first-order valence-corrected chi connectivity index (χ1v) is 11.7. The fraction of sp³-hybridized carbons (Fsp3) is 0.250. The molecule has 0 N–H and O–H groups in total. The number of benzene rings is 3. The van der Waals surface area contributed by atoms with Gasteiger partial charge in [-0.25, -0.2) is 4.98 Å². The van der Waals surface area contributed by atoms with E-state index in [9.17, 15) is 0 Å². The Balaban J connectivity index is 1.39. The molecule has 0 aliphatic heterocycles. The van der Waals surface area contributed by atoms with Crippen LogP contribution < -0.4 is 9.47 Å². The van der Waals surface area contributed by atoms with Gasteiger partial charge in [-0.1, -0.05) is 54.1 Å². The van der Waals surface area contributed by atoms with Crippen LogP contribution in [0.5, 0.6) is 11.5 Å². The SMILES string of the molecule is C/C=C/c1ccc(OCCCCn2c(Cc3ccc(Cl)cc3)nc3ccccc32)c(OC)c1. The average Bonchev–Trinajstić information content (AvgIpc) is 3.18. The largest absolute Gasteiger partial charge is 0.493 e. The molecule has 1 heterocycles. The van der Waals surface area contributed by atoms with E-state index in [2.05, 4.69) is 34.9 Å². The average molecular weight is 461 g/mol. The quantitative estimate of drug-likeness (QED) is 0.235. The van der Waals surface area contributed by atoms with Crippen LogP contribution in [0.1, 0.15) is 36.7 Å². The highest BCUT2D eigenvalue weighted by atomic mass is 35.5. The summed E-state index contributed by atoms with van der Waals surface area (Å²) in [6.07, 6.45) is 6.76. The number of rotatable bonds is 10. The first kappa shape index (κ1) is 22.9. The number of nitrogens with zero attached hydrogens (tertiary/aromatic N) is 2. The summed E-state index contributed by atoms with van der Waals surface area (Å²) >= 11 is 6.05. The van der Waals surface area contributed by atoms with E-state index in [0.717, 1.165) is 59.2 Å². The molecule has 0 saturated carbocycles. The zero-order chi connectivity index (χ0) is 23.0. The van der Waals surface area contributed by atoms with Crippen molar-refractivity contribution in [1.82, 2.24) is 9.55 Å². The van der Waals surface area contributed by atoms with Crippen LogP contribution in [0.25, 0.3) is 17.1 Å². The number of imidazole rings is 1. The summed E-state index contributed by atoms with van der Waals surface area (Å²) in [7, 11) is 1.67. The standard InChI is InChI=1S/C28H29ClN2O2/c1-3-8-21-13-16-26(27(19-21)32-2)33-18-7-6-17-31-25-10-5-4-9-24(25)30-28(31)20-22-11-14-23(29)15-12-22/h3-5,8-16,19H,6-7,17-18,20H2,1-2H3/b8-3+. The maximum atomic E-state index is 6.05. The van der Waals surface area contributed by atoms with Crippen molar-refractivity contribution >= 4 is 28.7 Å². The van der Waals surface area contributed by atoms with Crippen molar-refractivity contribution in [1.29, 1.82) is 0 Å². The zero-order valence-corrected chi connectivity index (χ0v) is 19.9. The van der Waals surface area contributed by atoms with Gasteiger partial charge in [0.25, 0.3) is 0 Å². The lowest BCUT2D eigenvalue weighted by Gasteiger charge is -2.12. The highest BCUT2D eigenvalue weighted by molar-refractivity contribution is 6.30. The molecule has 1 aromatic heterocycles. The van der Waals surface area contributed by atoms with Gasteiger partial charge in [-0.05, 0) is 67.3 Å². The molecule has 0 unspecified atom stereocenters. The van der Waals surface area contributed by atoms with Crippen molar-refractivity contribution in [3.63, 3.8) is 0 Å². The Kier molecular flexibility index (Phi) is 7.69. The molecule has 0 atom stereocenters. The molecule has 0 aliphatic rings. The van der Waals surface area contributed by atoms with E-state index in [1.807, 2.05) is 55.5 Å². The topological polar surface area (TPSA) is 36.3 Å². The molecular formula is C28H29ClN2O2. The van der Waals surface area contributed by atoms with E-state index in [0.29, 0.717) is 6.61 Å². The first-order valence-electron chi connectivity index (χ1n) is 11.3. The van der Waals surface area contributed by atoms with Gasteiger partial charge in [0.1, 0.15) is 5.82 Å². The summed E-state index contributed by atoms with van der Waals surface area (Å²) in [5, 5.41) is 0.750. The molecule has 0 radical (unpaired) electrons. The number of fused-ring (bicyclic) bond motifs is 1. The molecule has 4 nitrogen and oxygen atoms in total. The molecule has 4 rings (SSSR count). The third-order valence-electron chi connectivity index (χ3n) is 5.59. The van der Waals surface area contributed by atoms with Crippen molar-refractivity contribution in [3.8, 4) is 11.5 Å². The molecule has 3 aromatic carbocycles. The molecule has 0 fully saturated rings. The zero-order valence-electron chi connectivity index (χ0n) is 19.1. The number of methoxy groups -OCH3 is 1. The maximum Gasteiger partial charge on any atom is 0.161 e. The van der Waals surface area contributed by atoms with Crippen molar-refractivity contribution in [3.05, 3.63) is 94.8 Å². The lowest BCUT2D eigenvalue weighted by molar-refractivity contribution is 0.284. The highest BCUT2D eigenvalue weighted by Gasteiger charge is 2.11. The summed E-state index contributed by atoms with van der Waals surface area (Å²) in [6, 6.07) is 22.3. The van der Waals surface area contributed by atoms with E-state index >= 15 is 0 Å². The van der Waals surface area contributed by atoms with Gasteiger partial charge in [-0.2, -0.15) is 0 Å². The minimum atomic E-state index is 0.637. The van der Waals surface area contributed by atoms with Crippen molar-refractivity contribution < 1.29 is 9.47 Å². The lowest BCUT2D eigenvalue weighted by atomic mass is 10.1. The summed E-state index contributed by atoms with van der Waals surface area (Å²) in [5.74, 6) is 2.61. The van der Waals surface area contributed by atoms with Gasteiger partial charge in [0.15, 0.2) is 11.5 Å². The van der Waals surface area contributed by atoms with Crippen molar-refractivity contribution in [2.75, 3.05) is 13.7 Å². The number of aromatic nitrogens is 2. The lowest BCUT2D eigenvalue weighted by Crippen LogP contribution is -2.07. The van der Waals surface area contributed by atoms with Crippen LogP contribution >= 0.6 is 11.6 Å². The van der Waals surface area contributed by atoms with E-state index in [4.69, 9.17) is 26.1 Å². The molecule has 0 saturated heterocycles. The minimum Gasteiger partial charge on any atom is -0.493 e. The van der Waals surface area contributed by atoms with E-state index < -0.39 is 0 Å². The van der Waals surface area contributed by atoms with Crippen molar-refractivity contribution in [2.24, 2.45) is 0 Å². The Bertz CT molecular complexity index is 1230. The van der Waals surface area contributed by atoms with Gasteiger partial charge in [0.2, 0.25) is 0 Å². The first-order chi connectivity index (χ1) is 16.2. The van der Waals surface area contributed by atoms with Gasteiger partial charge in [-0.3, -0.25) is 0 Å². The van der Waals surface area contributed by atoms with Gasteiger partial charge in [-0.15, -0.1) is 0 Å². The third kappa shape index (κ3) is 5.77. The molecule has 5 heteroatoms. The van der Waals surface area contributed by atoms with Crippen LogP contribution in [0.4, 0.5) is 0 Å². The smallest absolute Gasteiger partial charge is 0.161 e. The fourth-order valence-electron chi connectivity index (χ4n) is 3.95. The fourth-order valence-corrected chi connectivity index (χ4v) is 4.07. The summed E-state index contributed by atoms with van der Waals surface area (Å²) < 4.78 is 13.8. The number of para-hydroxylation sites is 2. The Morgan fingerprint density at radius 1 is 0.970 bits per heavy atom. The molecule has 33 heavy (non-hydrogen) atoms. The molecule has 0 bridgehead atoms. The Morgan fingerprint density at radius 3 is 2.58 bits per heavy atom. The number of allylic oxidation sites excluding steroid dienone is 1. The second-order valence-electron chi connectivity index (χ2n) is 7.94. The predicted octanol–water partition coefficient (Wildman–Crippen LogP) is 7.18. The summed E-state index contributed by atoms with van der Waals surface area (Å²) in [4.78, 5) is 4.90. The van der Waals surface area contributed by atoms with Gasteiger partial charge >= 0.3 is 0 Å². The third-order valence-corrected chi connectivity index (χ3v) is 5.84. The van der Waals surface area contributed by atoms with Gasteiger partial charge in [0.05, 0.1) is 24.8 Å². The molecule has 170 valence electrons. The van der Waals surface area contributed by atoms with E-state index in [1.165, 1.54) is 11.1 Å². The second-order valence-corrected chi connectivity index (χ2v) is 8.37. The normalized spacial score (nSPS) is 11.4. The van der Waals surface area contributed by atoms with Crippen LogP contribution in [-0.4, -0.2) is 23.3 Å². The molecule has 0 spiro atoms. The molecule has 4 aromatic rings. The van der Waals surface area contributed by atoms with Crippen molar-refractivity contribution in [2.45, 2.75) is 32.7 Å². The van der Waals surface area contributed by atoms with Crippen LogP contribution in [0, 0.1) is 0 Å². The van der Waals surface area contributed by atoms with Gasteiger partial charge in [0, 0.05) is 18.0 Å². The Morgan fingerprint density at radius 2 is 1.79 bits per heavy atom. The van der Waals surface area contributed by atoms with E-state index in [-0.39, 0.29) is 0 Å². The number of hydrogen-bond donors (Lipinski definition) is 0. The van der Waals surface area contributed by atoms with Crippen LogP contribution in [-0.2, 0) is 13.0 Å². The monoisotopic (exact) mass is 460 g/mol. The summed E-state index contributed by atoms with van der Waals surface area (Å²) in [6.45, 7) is 3.53. The Labute approximate surface area is 200 Å². The summed E-state index contributed by atoms with van der Waals surface area (Å²) in [5.41, 5.74) is 4.50. The van der Waals surface area contributed by atoms with Crippen LogP contribution in [0.15, 0.2) is 72.8 Å². The van der Waals surface area contributed by atoms with Gasteiger partial charge < -0.3 is 14.0 Å². The Hall–Kier alpha value is -3.24. The number of ether oxygens (including phenoxy) is 2. The number of unbranched alkanes of at least 4 members (excludes halogenated alkanes) is 1. The maximum absolute atomic E-state index is 6.05. The second kappa shape index (κ2) is 11.1. The number of hydrogen-bond acceptors (Lipinski definition) is 3. The molecule has 0 aliphatic carbocycles.